The summed E-state index contributed by atoms with van der Waals surface area (Å²) in [5.41, 5.74) is 9.57. The number of imidazole rings is 1. The van der Waals surface area contributed by atoms with E-state index in [1.54, 1.807) is 0 Å². The number of nitrogens with zero attached hydrogens (tertiary/aromatic N) is 3. The van der Waals surface area contributed by atoms with Crippen molar-refractivity contribution in [1.82, 2.24) is 14.3 Å². The molecule has 1 saturated heterocycles. The van der Waals surface area contributed by atoms with Crippen LogP contribution in [0.5, 0.6) is 0 Å². The third kappa shape index (κ3) is 2.51. The van der Waals surface area contributed by atoms with Crippen molar-refractivity contribution in [1.29, 1.82) is 0 Å². The molecular weight excluding hydrogens is 236 g/mol. The van der Waals surface area contributed by atoms with E-state index >= 15 is 0 Å². The molecule has 4 heteroatoms. The lowest BCUT2D eigenvalue weighted by atomic mass is 9.90. The molecule has 1 aliphatic rings. The topological polar surface area (TPSA) is 46.6 Å². The average molecular weight is 258 g/mol. The Labute approximate surface area is 114 Å². The van der Waals surface area contributed by atoms with Gasteiger partial charge >= 0.3 is 0 Å². The monoisotopic (exact) mass is 258 g/mol. The van der Waals surface area contributed by atoms with Crippen molar-refractivity contribution in [3.8, 4) is 0 Å². The zero-order valence-electron chi connectivity index (χ0n) is 11.8. The summed E-state index contributed by atoms with van der Waals surface area (Å²) in [5.74, 6) is 0. The van der Waals surface area contributed by atoms with Gasteiger partial charge in [-0.2, -0.15) is 0 Å². The smallest absolute Gasteiger partial charge is 0.137 e. The van der Waals surface area contributed by atoms with Crippen molar-refractivity contribution in [2.75, 3.05) is 19.6 Å². The third-order valence-corrected chi connectivity index (χ3v) is 4.16. The quantitative estimate of drug-likeness (QED) is 0.913. The Morgan fingerprint density at radius 3 is 2.95 bits per heavy atom. The van der Waals surface area contributed by atoms with Crippen molar-refractivity contribution in [2.45, 2.75) is 26.8 Å². The zero-order chi connectivity index (χ0) is 13.5. The largest absolute Gasteiger partial charge is 0.330 e. The number of aryl methyl sites for hydroxylation is 1. The van der Waals surface area contributed by atoms with Crippen LogP contribution in [0.25, 0.3) is 5.65 Å². The molecule has 0 spiro atoms. The Hall–Kier alpha value is -1.39. The molecule has 2 N–H and O–H groups in total. The van der Waals surface area contributed by atoms with Crippen LogP contribution in [0.15, 0.2) is 24.5 Å². The van der Waals surface area contributed by atoms with Crippen molar-refractivity contribution in [3.63, 3.8) is 0 Å². The van der Waals surface area contributed by atoms with Gasteiger partial charge in [0.15, 0.2) is 0 Å². The normalized spacial score (nSPS) is 24.4. The van der Waals surface area contributed by atoms with Crippen LogP contribution in [0.3, 0.4) is 0 Å². The summed E-state index contributed by atoms with van der Waals surface area (Å²) in [5, 5.41) is 0. The van der Waals surface area contributed by atoms with Crippen LogP contribution in [0.2, 0.25) is 0 Å². The van der Waals surface area contributed by atoms with Crippen LogP contribution in [0.4, 0.5) is 0 Å². The van der Waals surface area contributed by atoms with E-state index in [9.17, 15) is 0 Å². The molecule has 0 amide bonds. The molecule has 0 aliphatic carbocycles. The Balaban J connectivity index is 1.75. The van der Waals surface area contributed by atoms with Crippen molar-refractivity contribution in [2.24, 2.45) is 11.1 Å². The van der Waals surface area contributed by atoms with E-state index < -0.39 is 0 Å². The molecule has 1 atom stereocenters. The van der Waals surface area contributed by atoms with Gasteiger partial charge in [0.25, 0.3) is 0 Å². The molecule has 102 valence electrons. The van der Waals surface area contributed by atoms with Crippen molar-refractivity contribution >= 4 is 5.65 Å². The minimum Gasteiger partial charge on any atom is -0.330 e. The van der Waals surface area contributed by atoms with Crippen LogP contribution >= 0.6 is 0 Å². The molecule has 1 fully saturated rings. The highest BCUT2D eigenvalue weighted by Gasteiger charge is 2.32. The maximum absolute atomic E-state index is 5.86. The maximum Gasteiger partial charge on any atom is 0.137 e. The SMILES string of the molecule is Cc1ccc2nc(CN3CCC(C)(CN)C3)cn2c1. The number of nitrogens with two attached hydrogens (primary N) is 1. The molecule has 0 bridgehead atoms. The highest BCUT2D eigenvalue weighted by molar-refractivity contribution is 5.41. The Bertz CT molecular complexity index is 589. The van der Waals surface area contributed by atoms with E-state index in [0.29, 0.717) is 0 Å². The number of hydrogen-bond acceptors (Lipinski definition) is 3. The predicted molar refractivity (Wildman–Crippen MR) is 77.0 cm³/mol. The zero-order valence-corrected chi connectivity index (χ0v) is 11.8. The lowest BCUT2D eigenvalue weighted by molar-refractivity contribution is 0.272. The van der Waals surface area contributed by atoms with Crippen molar-refractivity contribution in [3.05, 3.63) is 35.8 Å². The highest BCUT2D eigenvalue weighted by atomic mass is 15.2. The van der Waals surface area contributed by atoms with E-state index in [1.807, 2.05) is 0 Å². The first kappa shape index (κ1) is 12.6. The molecule has 1 unspecified atom stereocenters. The summed E-state index contributed by atoms with van der Waals surface area (Å²) in [7, 11) is 0. The molecule has 0 aromatic carbocycles. The van der Waals surface area contributed by atoms with Gasteiger partial charge in [0.2, 0.25) is 0 Å². The fraction of sp³-hybridized carbons (Fsp3) is 0.533. The third-order valence-electron chi connectivity index (χ3n) is 4.16. The molecular formula is C15H22N4. The Kier molecular flexibility index (Phi) is 3.07. The van der Waals surface area contributed by atoms with Crippen molar-refractivity contribution < 1.29 is 0 Å². The standard InChI is InChI=1S/C15H22N4/c1-12-3-4-14-17-13(9-19(14)7-12)8-18-6-5-15(2,10-16)11-18/h3-4,7,9H,5-6,8,10-11,16H2,1-2H3. The van der Waals surface area contributed by atoms with Crippen LogP contribution in [-0.4, -0.2) is 33.9 Å². The summed E-state index contributed by atoms with van der Waals surface area (Å²) < 4.78 is 2.11. The predicted octanol–water partition coefficient (Wildman–Crippen LogP) is 1.81. The summed E-state index contributed by atoms with van der Waals surface area (Å²) >= 11 is 0. The van der Waals surface area contributed by atoms with Gasteiger partial charge < -0.3 is 10.1 Å². The summed E-state index contributed by atoms with van der Waals surface area (Å²) in [6.45, 7) is 8.29. The van der Waals surface area contributed by atoms with E-state index in [-0.39, 0.29) is 5.41 Å². The second-order valence-corrected chi connectivity index (χ2v) is 6.18. The summed E-state index contributed by atoms with van der Waals surface area (Å²) in [6, 6.07) is 4.18. The number of hydrogen-bond donors (Lipinski definition) is 1. The van der Waals surface area contributed by atoms with E-state index in [4.69, 9.17) is 5.73 Å². The van der Waals surface area contributed by atoms with Gasteiger partial charge in [-0.15, -0.1) is 0 Å². The van der Waals surface area contributed by atoms with Gasteiger partial charge in [0.05, 0.1) is 5.69 Å². The molecule has 3 rings (SSSR count). The number of pyridine rings is 1. The van der Waals surface area contributed by atoms with Crippen LogP contribution < -0.4 is 5.73 Å². The molecule has 4 nitrogen and oxygen atoms in total. The van der Waals surface area contributed by atoms with Crippen LogP contribution in [0, 0.1) is 12.3 Å². The number of likely N-dealkylation sites (tertiary alicyclic amines) is 1. The first-order chi connectivity index (χ1) is 9.08. The van der Waals surface area contributed by atoms with Gasteiger partial charge in [-0.1, -0.05) is 13.0 Å². The molecule has 3 heterocycles. The molecule has 0 radical (unpaired) electrons. The van der Waals surface area contributed by atoms with Gasteiger partial charge in [-0.25, -0.2) is 4.98 Å². The van der Waals surface area contributed by atoms with E-state index in [2.05, 4.69) is 52.7 Å². The fourth-order valence-electron chi connectivity index (χ4n) is 2.89. The second-order valence-electron chi connectivity index (χ2n) is 6.18. The summed E-state index contributed by atoms with van der Waals surface area (Å²) in [6.07, 6.45) is 5.45. The second kappa shape index (κ2) is 4.62. The van der Waals surface area contributed by atoms with Gasteiger partial charge in [-0.3, -0.25) is 4.90 Å². The number of aromatic nitrogens is 2. The lowest BCUT2D eigenvalue weighted by Crippen LogP contribution is -2.31. The fourth-order valence-corrected chi connectivity index (χ4v) is 2.89. The Morgan fingerprint density at radius 1 is 1.37 bits per heavy atom. The van der Waals surface area contributed by atoms with Crippen LogP contribution in [-0.2, 0) is 6.54 Å². The first-order valence-corrected chi connectivity index (χ1v) is 6.95. The highest BCUT2D eigenvalue weighted by Crippen LogP contribution is 2.29. The summed E-state index contributed by atoms with van der Waals surface area (Å²) in [4.78, 5) is 7.14. The Morgan fingerprint density at radius 2 is 2.21 bits per heavy atom. The maximum atomic E-state index is 5.86. The molecule has 2 aromatic heterocycles. The molecule has 1 aliphatic heterocycles. The number of rotatable bonds is 3. The van der Waals surface area contributed by atoms with Gasteiger partial charge in [0.1, 0.15) is 5.65 Å². The minimum atomic E-state index is 0.287. The van der Waals surface area contributed by atoms with Gasteiger partial charge in [0, 0.05) is 25.5 Å². The average Bonchev–Trinajstić information content (AvgIpc) is 2.93. The molecule has 2 aromatic rings. The number of fused-ring (bicyclic) bond motifs is 1. The van der Waals surface area contributed by atoms with Crippen LogP contribution in [0.1, 0.15) is 24.6 Å². The lowest BCUT2D eigenvalue weighted by Gasteiger charge is -2.22. The first-order valence-electron chi connectivity index (χ1n) is 6.95. The van der Waals surface area contributed by atoms with Gasteiger partial charge in [-0.05, 0) is 43.5 Å². The van der Waals surface area contributed by atoms with E-state index in [1.165, 1.54) is 12.0 Å². The minimum absolute atomic E-state index is 0.287. The van der Waals surface area contributed by atoms with E-state index in [0.717, 1.165) is 37.5 Å². The molecule has 0 saturated carbocycles. The molecule has 19 heavy (non-hydrogen) atoms.